The molecule has 0 unspecified atom stereocenters. The number of hydrogen-bond donors (Lipinski definition) is 1. The zero-order chi connectivity index (χ0) is 9.26. The minimum absolute atomic E-state index is 0.442. The van der Waals surface area contributed by atoms with Crippen LogP contribution >= 0.6 is 11.6 Å². The standard InChI is InChI=1S/C10H9ClN2/c11-9-3-1-2-8-7(9)4-5-13-10(8)6-12/h1-5H,6,12H2. The number of rotatable bonds is 1. The molecule has 1 aromatic carbocycles. The zero-order valence-corrected chi connectivity index (χ0v) is 7.75. The molecule has 0 bridgehead atoms. The van der Waals surface area contributed by atoms with E-state index < -0.39 is 0 Å². The molecule has 0 fully saturated rings. The van der Waals surface area contributed by atoms with Crippen molar-refractivity contribution in [2.24, 2.45) is 5.73 Å². The molecule has 0 amide bonds. The molecule has 13 heavy (non-hydrogen) atoms. The number of halogens is 1. The first-order valence-corrected chi connectivity index (χ1v) is 4.43. The molecule has 0 aliphatic carbocycles. The molecule has 2 rings (SSSR count). The summed E-state index contributed by atoms with van der Waals surface area (Å²) in [6.07, 6.45) is 1.73. The second-order valence-electron chi connectivity index (χ2n) is 2.80. The Morgan fingerprint density at radius 2 is 2.08 bits per heavy atom. The molecule has 0 spiro atoms. The summed E-state index contributed by atoms with van der Waals surface area (Å²) in [4.78, 5) is 4.18. The maximum Gasteiger partial charge on any atom is 0.0618 e. The van der Waals surface area contributed by atoms with Crippen molar-refractivity contribution in [1.82, 2.24) is 4.98 Å². The summed E-state index contributed by atoms with van der Waals surface area (Å²) in [5.41, 5.74) is 6.45. The quantitative estimate of drug-likeness (QED) is 0.754. The highest BCUT2D eigenvalue weighted by Crippen LogP contribution is 2.24. The van der Waals surface area contributed by atoms with Gasteiger partial charge in [-0.1, -0.05) is 23.7 Å². The highest BCUT2D eigenvalue weighted by atomic mass is 35.5. The van der Waals surface area contributed by atoms with Gasteiger partial charge in [-0.15, -0.1) is 0 Å². The van der Waals surface area contributed by atoms with Crippen LogP contribution in [0.25, 0.3) is 10.8 Å². The van der Waals surface area contributed by atoms with Crippen molar-refractivity contribution in [3.05, 3.63) is 41.2 Å². The molecule has 0 saturated carbocycles. The van der Waals surface area contributed by atoms with E-state index in [1.807, 2.05) is 24.3 Å². The van der Waals surface area contributed by atoms with Crippen LogP contribution in [0.4, 0.5) is 0 Å². The first kappa shape index (κ1) is 8.48. The fourth-order valence-corrected chi connectivity index (χ4v) is 1.63. The van der Waals surface area contributed by atoms with Crippen LogP contribution in [0.1, 0.15) is 5.69 Å². The number of benzene rings is 1. The Morgan fingerprint density at radius 1 is 1.23 bits per heavy atom. The molecule has 0 aliphatic rings. The Balaban J connectivity index is 2.84. The van der Waals surface area contributed by atoms with E-state index in [0.717, 1.165) is 21.5 Å². The minimum Gasteiger partial charge on any atom is -0.325 e. The topological polar surface area (TPSA) is 38.9 Å². The average molecular weight is 193 g/mol. The van der Waals surface area contributed by atoms with Gasteiger partial charge in [0.1, 0.15) is 0 Å². The Kier molecular flexibility index (Phi) is 2.17. The molecule has 0 atom stereocenters. The van der Waals surface area contributed by atoms with Crippen molar-refractivity contribution < 1.29 is 0 Å². The van der Waals surface area contributed by atoms with Gasteiger partial charge >= 0.3 is 0 Å². The lowest BCUT2D eigenvalue weighted by Gasteiger charge is -2.03. The SMILES string of the molecule is NCc1nccc2c(Cl)cccc12. The summed E-state index contributed by atoms with van der Waals surface area (Å²) < 4.78 is 0. The number of nitrogens with zero attached hydrogens (tertiary/aromatic N) is 1. The third-order valence-corrected chi connectivity index (χ3v) is 2.36. The summed E-state index contributed by atoms with van der Waals surface area (Å²) >= 11 is 6.02. The molecular weight excluding hydrogens is 184 g/mol. The third-order valence-electron chi connectivity index (χ3n) is 2.03. The van der Waals surface area contributed by atoms with Crippen molar-refractivity contribution in [2.45, 2.75) is 6.54 Å². The van der Waals surface area contributed by atoms with E-state index in [2.05, 4.69) is 4.98 Å². The summed E-state index contributed by atoms with van der Waals surface area (Å²) in [6.45, 7) is 0.442. The van der Waals surface area contributed by atoms with Gasteiger partial charge in [-0.25, -0.2) is 0 Å². The van der Waals surface area contributed by atoms with Gasteiger partial charge in [0.25, 0.3) is 0 Å². The van der Waals surface area contributed by atoms with E-state index in [-0.39, 0.29) is 0 Å². The number of pyridine rings is 1. The minimum atomic E-state index is 0.442. The fourth-order valence-electron chi connectivity index (χ4n) is 1.39. The zero-order valence-electron chi connectivity index (χ0n) is 7.00. The van der Waals surface area contributed by atoms with Crippen LogP contribution in [0.5, 0.6) is 0 Å². The maximum atomic E-state index is 6.02. The van der Waals surface area contributed by atoms with Crippen LogP contribution in [0, 0.1) is 0 Å². The highest BCUT2D eigenvalue weighted by molar-refractivity contribution is 6.35. The molecule has 66 valence electrons. The van der Waals surface area contributed by atoms with E-state index in [1.54, 1.807) is 6.20 Å². The van der Waals surface area contributed by atoms with Crippen molar-refractivity contribution in [3.8, 4) is 0 Å². The second kappa shape index (κ2) is 3.32. The van der Waals surface area contributed by atoms with Gasteiger partial charge in [0.2, 0.25) is 0 Å². The first-order chi connectivity index (χ1) is 6.33. The van der Waals surface area contributed by atoms with E-state index in [4.69, 9.17) is 17.3 Å². The van der Waals surface area contributed by atoms with Gasteiger partial charge in [-0.05, 0) is 12.1 Å². The van der Waals surface area contributed by atoms with Crippen LogP contribution in [-0.2, 0) is 6.54 Å². The number of hydrogen-bond acceptors (Lipinski definition) is 2. The summed E-state index contributed by atoms with van der Waals surface area (Å²) in [6, 6.07) is 7.66. The summed E-state index contributed by atoms with van der Waals surface area (Å²) in [7, 11) is 0. The fraction of sp³-hybridized carbons (Fsp3) is 0.100. The first-order valence-electron chi connectivity index (χ1n) is 4.05. The predicted molar refractivity (Wildman–Crippen MR) is 54.6 cm³/mol. The van der Waals surface area contributed by atoms with Gasteiger partial charge < -0.3 is 5.73 Å². The largest absolute Gasteiger partial charge is 0.325 e. The molecule has 0 radical (unpaired) electrons. The van der Waals surface area contributed by atoms with Crippen LogP contribution in [0.2, 0.25) is 5.02 Å². The number of aromatic nitrogens is 1. The molecule has 0 saturated heterocycles. The average Bonchev–Trinajstić information content (AvgIpc) is 2.18. The van der Waals surface area contributed by atoms with Crippen LogP contribution in [0.3, 0.4) is 0 Å². The van der Waals surface area contributed by atoms with Gasteiger partial charge in [0, 0.05) is 28.5 Å². The van der Waals surface area contributed by atoms with Crippen molar-refractivity contribution >= 4 is 22.4 Å². The van der Waals surface area contributed by atoms with Gasteiger partial charge in [-0.2, -0.15) is 0 Å². The lowest BCUT2D eigenvalue weighted by molar-refractivity contribution is 1.01. The monoisotopic (exact) mass is 192 g/mol. The number of fused-ring (bicyclic) bond motifs is 1. The Morgan fingerprint density at radius 3 is 2.85 bits per heavy atom. The van der Waals surface area contributed by atoms with Crippen LogP contribution in [0.15, 0.2) is 30.5 Å². The Labute approximate surface area is 81.3 Å². The molecule has 1 heterocycles. The van der Waals surface area contributed by atoms with Crippen molar-refractivity contribution in [3.63, 3.8) is 0 Å². The Bertz CT molecular complexity index is 440. The molecule has 2 N–H and O–H groups in total. The van der Waals surface area contributed by atoms with Gasteiger partial charge in [-0.3, -0.25) is 4.98 Å². The molecule has 2 aromatic rings. The smallest absolute Gasteiger partial charge is 0.0618 e. The third kappa shape index (κ3) is 1.39. The van der Waals surface area contributed by atoms with E-state index in [9.17, 15) is 0 Å². The summed E-state index contributed by atoms with van der Waals surface area (Å²) in [5.74, 6) is 0. The molecular formula is C10H9ClN2. The molecule has 2 nitrogen and oxygen atoms in total. The lowest BCUT2D eigenvalue weighted by Crippen LogP contribution is -1.99. The number of nitrogens with two attached hydrogens (primary N) is 1. The predicted octanol–water partition coefficient (Wildman–Crippen LogP) is 2.35. The normalized spacial score (nSPS) is 10.6. The second-order valence-corrected chi connectivity index (χ2v) is 3.20. The van der Waals surface area contributed by atoms with Crippen molar-refractivity contribution in [2.75, 3.05) is 0 Å². The lowest BCUT2D eigenvalue weighted by atomic mass is 10.1. The van der Waals surface area contributed by atoms with Crippen molar-refractivity contribution in [1.29, 1.82) is 0 Å². The van der Waals surface area contributed by atoms with E-state index >= 15 is 0 Å². The van der Waals surface area contributed by atoms with Crippen LogP contribution < -0.4 is 5.73 Å². The van der Waals surface area contributed by atoms with E-state index in [1.165, 1.54) is 0 Å². The molecule has 0 aliphatic heterocycles. The maximum absolute atomic E-state index is 6.02. The van der Waals surface area contributed by atoms with Crippen LogP contribution in [-0.4, -0.2) is 4.98 Å². The highest BCUT2D eigenvalue weighted by Gasteiger charge is 2.02. The molecule has 3 heteroatoms. The van der Waals surface area contributed by atoms with Gasteiger partial charge in [0.15, 0.2) is 0 Å². The molecule has 1 aromatic heterocycles. The van der Waals surface area contributed by atoms with Gasteiger partial charge in [0.05, 0.1) is 5.69 Å². The van der Waals surface area contributed by atoms with E-state index in [0.29, 0.717) is 6.54 Å². The summed E-state index contributed by atoms with van der Waals surface area (Å²) in [5, 5.41) is 2.80. The Hall–Kier alpha value is -1.12.